The van der Waals surface area contributed by atoms with Gasteiger partial charge in [0.1, 0.15) is 0 Å². The maximum Gasteiger partial charge on any atom is 0.214 e. The molecular formula is C16H10B4ClN5O. The number of halogens is 1. The fourth-order valence-electron chi connectivity index (χ4n) is 2.36. The molecule has 0 unspecified atom stereocenters. The van der Waals surface area contributed by atoms with Crippen LogP contribution in [0.1, 0.15) is 5.56 Å². The van der Waals surface area contributed by atoms with E-state index in [1.54, 1.807) is 42.6 Å². The minimum atomic E-state index is -2.14. The lowest BCUT2D eigenvalue weighted by molar-refractivity contribution is -0.117. The number of hydrogen-bond acceptors (Lipinski definition) is 4. The number of aromatic nitrogens is 4. The molecule has 8 radical (unpaired) electrons. The van der Waals surface area contributed by atoms with Crippen molar-refractivity contribution in [2.45, 2.75) is 10.4 Å². The van der Waals surface area contributed by atoms with Crippen molar-refractivity contribution in [2.75, 3.05) is 5.32 Å². The van der Waals surface area contributed by atoms with Gasteiger partial charge in [-0.15, -0.1) is 0 Å². The molecule has 0 bridgehead atoms. The Morgan fingerprint density at radius 2 is 1.78 bits per heavy atom. The van der Waals surface area contributed by atoms with E-state index >= 15 is 0 Å². The second-order valence-corrected chi connectivity index (χ2v) is 6.43. The summed E-state index contributed by atoms with van der Waals surface area (Å²) in [5.74, 6) is -0.618. The molecule has 11 heteroatoms. The Hall–Kier alpha value is -2.47. The molecule has 6 nitrogen and oxygen atoms in total. The minimum absolute atomic E-state index is 0.194. The van der Waals surface area contributed by atoms with Gasteiger partial charge in [-0.3, -0.25) is 9.89 Å². The van der Waals surface area contributed by atoms with Crippen LogP contribution in [-0.2, 0) is 10.0 Å². The minimum Gasteiger partial charge on any atom is -0.310 e. The number of H-pyrrole nitrogens is 1. The zero-order valence-electron chi connectivity index (χ0n) is 14.1. The Labute approximate surface area is 166 Å². The molecule has 2 N–H and O–H groups in total. The number of carbonyl (C=O) groups is 1. The van der Waals surface area contributed by atoms with Gasteiger partial charge < -0.3 is 5.32 Å². The van der Waals surface area contributed by atoms with Crippen molar-refractivity contribution in [1.29, 1.82) is 0 Å². The maximum absolute atomic E-state index is 12.6. The van der Waals surface area contributed by atoms with E-state index in [4.69, 9.17) is 43.0 Å². The highest BCUT2D eigenvalue weighted by Gasteiger charge is 2.42. The normalized spacial score (nSPS) is 11.9. The highest BCUT2D eigenvalue weighted by molar-refractivity contribution is 6.62. The zero-order valence-corrected chi connectivity index (χ0v) is 14.8. The third-order valence-electron chi connectivity index (χ3n) is 4.10. The highest BCUT2D eigenvalue weighted by atomic mass is 35.5. The first-order chi connectivity index (χ1) is 12.7. The Bertz CT molecular complexity index is 947. The van der Waals surface area contributed by atoms with E-state index in [1.807, 2.05) is 0 Å². The van der Waals surface area contributed by atoms with Crippen LogP contribution in [0.3, 0.4) is 0 Å². The molecule has 2 heterocycles. The van der Waals surface area contributed by atoms with Crippen molar-refractivity contribution >= 4 is 54.7 Å². The molecule has 0 saturated heterocycles. The lowest BCUT2D eigenvalue weighted by Gasteiger charge is -2.43. The molecule has 2 aromatic heterocycles. The number of nitrogens with one attached hydrogen (secondary N) is 2. The predicted molar refractivity (Wildman–Crippen MR) is 107 cm³/mol. The second kappa shape index (κ2) is 7.27. The SMILES string of the molecule is [B]C([B])(C(=O)Nc1cc(-c2ccnnc2)[nH]n1)C([B])([B])c1ccc(Cl)cc1. The van der Waals surface area contributed by atoms with Gasteiger partial charge in [0.25, 0.3) is 0 Å². The van der Waals surface area contributed by atoms with E-state index in [9.17, 15) is 4.79 Å². The largest absolute Gasteiger partial charge is 0.310 e. The summed E-state index contributed by atoms with van der Waals surface area (Å²) in [5.41, 5.74) is 1.69. The van der Waals surface area contributed by atoms with Crippen LogP contribution in [0.5, 0.6) is 0 Å². The standard InChI is InChI=1S/C16H10B4ClN5O/c17-15(18,10-1-3-11(21)4-2-10)16(19,20)14(27)24-13-7-12(25-26-13)9-5-6-22-23-8-9/h1-8H,(H2,24,25,26,27). The molecule has 0 spiro atoms. The number of carbonyl (C=O) groups excluding carboxylic acids is 1. The molecule has 27 heavy (non-hydrogen) atoms. The predicted octanol–water partition coefficient (Wildman–Crippen LogP) is 1.10. The summed E-state index contributed by atoms with van der Waals surface area (Å²) >= 11 is 5.86. The fraction of sp³-hybridized carbons (Fsp3) is 0.125. The summed E-state index contributed by atoms with van der Waals surface area (Å²) < 4.78 is 0. The van der Waals surface area contributed by atoms with E-state index in [0.717, 1.165) is 5.56 Å². The molecule has 3 aromatic rings. The number of nitrogens with zero attached hydrogens (tertiary/aromatic N) is 3. The quantitative estimate of drug-likeness (QED) is 0.662. The average molecular weight is 367 g/mol. The Kier molecular flexibility index (Phi) is 5.20. The number of rotatable bonds is 5. The lowest BCUT2D eigenvalue weighted by Crippen LogP contribution is -2.50. The molecule has 0 aliphatic heterocycles. The Morgan fingerprint density at radius 3 is 2.41 bits per heavy atom. The summed E-state index contributed by atoms with van der Waals surface area (Å²) in [6.45, 7) is 0. The van der Waals surface area contributed by atoms with Gasteiger partial charge in [0.15, 0.2) is 5.82 Å². The van der Waals surface area contributed by atoms with E-state index in [-0.39, 0.29) is 5.82 Å². The lowest BCUT2D eigenvalue weighted by atomic mass is 9.28. The van der Waals surface area contributed by atoms with Crippen molar-refractivity contribution in [3.63, 3.8) is 0 Å². The number of aromatic amines is 1. The molecule has 124 valence electrons. The highest BCUT2D eigenvalue weighted by Crippen LogP contribution is 2.39. The first-order valence-electron chi connectivity index (χ1n) is 7.77. The molecule has 3 rings (SSSR count). The number of hydrogen-bond donors (Lipinski definition) is 2. The molecule has 0 fully saturated rings. The summed E-state index contributed by atoms with van der Waals surface area (Å²) in [6.07, 6.45) is 3.07. The van der Waals surface area contributed by atoms with Gasteiger partial charge in [-0.2, -0.15) is 15.3 Å². The van der Waals surface area contributed by atoms with Gasteiger partial charge in [0.05, 0.1) is 49.5 Å². The van der Waals surface area contributed by atoms with Crippen LogP contribution in [0.25, 0.3) is 11.3 Å². The third-order valence-corrected chi connectivity index (χ3v) is 4.35. The second-order valence-electron chi connectivity index (χ2n) is 6.00. The molecule has 0 aliphatic carbocycles. The van der Waals surface area contributed by atoms with Crippen LogP contribution < -0.4 is 5.32 Å². The van der Waals surface area contributed by atoms with Gasteiger partial charge in [0.2, 0.25) is 5.91 Å². The van der Waals surface area contributed by atoms with Crippen molar-refractivity contribution in [3.8, 4) is 11.3 Å². The molecule has 1 aromatic carbocycles. The summed E-state index contributed by atoms with van der Waals surface area (Å²) in [6, 6.07) is 9.56. The van der Waals surface area contributed by atoms with Crippen LogP contribution in [-0.4, -0.2) is 57.7 Å². The molecule has 0 saturated carbocycles. The van der Waals surface area contributed by atoms with Crippen molar-refractivity contribution < 1.29 is 4.79 Å². The van der Waals surface area contributed by atoms with Crippen LogP contribution in [0.2, 0.25) is 10.2 Å². The van der Waals surface area contributed by atoms with Crippen molar-refractivity contribution in [1.82, 2.24) is 20.4 Å². The van der Waals surface area contributed by atoms with Crippen LogP contribution in [0.4, 0.5) is 5.82 Å². The van der Waals surface area contributed by atoms with E-state index in [0.29, 0.717) is 16.3 Å². The average Bonchev–Trinajstić information content (AvgIpc) is 3.11. The third kappa shape index (κ3) is 3.81. The van der Waals surface area contributed by atoms with E-state index in [2.05, 4.69) is 25.7 Å². The molecule has 0 atom stereocenters. The van der Waals surface area contributed by atoms with Gasteiger partial charge >= 0.3 is 0 Å². The van der Waals surface area contributed by atoms with E-state index < -0.39 is 16.3 Å². The topological polar surface area (TPSA) is 83.6 Å². The van der Waals surface area contributed by atoms with Crippen LogP contribution in [0, 0.1) is 0 Å². The summed E-state index contributed by atoms with van der Waals surface area (Å²) in [7, 11) is 24.2. The molecular weight excluding hydrogens is 357 g/mol. The van der Waals surface area contributed by atoms with Gasteiger partial charge in [-0.05, 0) is 23.4 Å². The smallest absolute Gasteiger partial charge is 0.214 e. The maximum atomic E-state index is 12.6. The van der Waals surface area contributed by atoms with Crippen molar-refractivity contribution in [3.05, 3.63) is 59.4 Å². The van der Waals surface area contributed by atoms with Gasteiger partial charge in [-0.25, -0.2) is 0 Å². The Morgan fingerprint density at radius 1 is 1.07 bits per heavy atom. The number of amides is 1. The van der Waals surface area contributed by atoms with Crippen LogP contribution >= 0.6 is 11.6 Å². The molecule has 1 amide bonds. The summed E-state index contributed by atoms with van der Waals surface area (Å²) in [5, 5.41) is 13.2. The van der Waals surface area contributed by atoms with Gasteiger partial charge in [0, 0.05) is 16.7 Å². The monoisotopic (exact) mass is 367 g/mol. The van der Waals surface area contributed by atoms with Crippen LogP contribution in [0.15, 0.2) is 48.8 Å². The van der Waals surface area contributed by atoms with E-state index in [1.165, 1.54) is 6.20 Å². The zero-order chi connectivity index (χ0) is 19.7. The van der Waals surface area contributed by atoms with Crippen molar-refractivity contribution in [2.24, 2.45) is 0 Å². The number of anilines is 1. The first kappa shape index (κ1) is 19.3. The van der Waals surface area contributed by atoms with Gasteiger partial charge in [-0.1, -0.05) is 34.5 Å². The Balaban J connectivity index is 1.80. The number of benzene rings is 1. The first-order valence-corrected chi connectivity index (χ1v) is 8.15. The molecule has 0 aliphatic rings. The summed E-state index contributed by atoms with van der Waals surface area (Å²) in [4.78, 5) is 12.6. The fourth-order valence-corrected chi connectivity index (χ4v) is 2.48.